The van der Waals surface area contributed by atoms with E-state index in [1.165, 1.54) is 7.11 Å². The molecule has 0 saturated carbocycles. The zero-order valence-electron chi connectivity index (χ0n) is 14.6. The van der Waals surface area contributed by atoms with Gasteiger partial charge < -0.3 is 14.8 Å². The van der Waals surface area contributed by atoms with Crippen LogP contribution >= 0.6 is 0 Å². The maximum absolute atomic E-state index is 12.4. The molecule has 1 aromatic carbocycles. The number of rotatable bonds is 8. The van der Waals surface area contributed by atoms with Crippen molar-refractivity contribution in [1.82, 2.24) is 0 Å². The lowest BCUT2D eigenvalue weighted by Crippen LogP contribution is -2.41. The van der Waals surface area contributed by atoms with Crippen LogP contribution in [-0.4, -0.2) is 25.2 Å². The molecule has 5 heteroatoms. The molecule has 1 N–H and O–H groups in total. The standard InChI is InChI=1S/C18H26N2O3/c1-6-9-18(4,22-5)17(21)20-15-7-8-16(14(10-15)11-19)23-12-13(2)3/h7-8,10,13H,6,9,12H2,1-5H3,(H,20,21)/t18-/m1/s1. The summed E-state index contributed by atoms with van der Waals surface area (Å²) >= 11 is 0. The molecule has 0 spiro atoms. The molecule has 1 rings (SSSR count). The molecule has 1 aromatic rings. The molecule has 0 aliphatic carbocycles. The first kappa shape index (κ1) is 19.0. The molecular formula is C18H26N2O3. The SMILES string of the molecule is CCC[C@@](C)(OC)C(=O)Nc1ccc(OCC(C)C)c(C#N)c1. The molecule has 0 bridgehead atoms. The Morgan fingerprint density at radius 1 is 1.43 bits per heavy atom. The van der Waals surface area contributed by atoms with Crippen LogP contribution in [0.2, 0.25) is 0 Å². The number of methoxy groups -OCH3 is 1. The number of benzene rings is 1. The van der Waals surface area contributed by atoms with Crippen molar-refractivity contribution in [3.63, 3.8) is 0 Å². The normalized spacial score (nSPS) is 13.3. The molecule has 0 heterocycles. The van der Waals surface area contributed by atoms with Gasteiger partial charge in [0, 0.05) is 12.8 Å². The van der Waals surface area contributed by atoms with Crippen molar-refractivity contribution in [3.05, 3.63) is 23.8 Å². The van der Waals surface area contributed by atoms with Gasteiger partial charge in [0.25, 0.3) is 5.91 Å². The van der Waals surface area contributed by atoms with E-state index in [2.05, 4.69) is 11.4 Å². The Kier molecular flexibility index (Phi) is 7.05. The van der Waals surface area contributed by atoms with Gasteiger partial charge in [-0.1, -0.05) is 27.2 Å². The van der Waals surface area contributed by atoms with E-state index in [9.17, 15) is 10.1 Å². The first-order valence-electron chi connectivity index (χ1n) is 7.89. The number of carbonyl (C=O) groups excluding carboxylic acids is 1. The predicted octanol–water partition coefficient (Wildman–Crippen LogP) is 3.74. The molecule has 0 fully saturated rings. The van der Waals surface area contributed by atoms with E-state index < -0.39 is 5.60 Å². The number of carbonyl (C=O) groups is 1. The van der Waals surface area contributed by atoms with Gasteiger partial charge >= 0.3 is 0 Å². The Bertz CT molecular complexity index is 578. The molecule has 0 aliphatic rings. The van der Waals surface area contributed by atoms with E-state index >= 15 is 0 Å². The van der Waals surface area contributed by atoms with Crippen molar-refractivity contribution >= 4 is 11.6 Å². The maximum Gasteiger partial charge on any atom is 0.256 e. The summed E-state index contributed by atoms with van der Waals surface area (Å²) in [6.45, 7) is 8.38. The van der Waals surface area contributed by atoms with Crippen LogP contribution in [0.25, 0.3) is 0 Å². The van der Waals surface area contributed by atoms with Crippen LogP contribution in [0.15, 0.2) is 18.2 Å². The second-order valence-electron chi connectivity index (χ2n) is 6.17. The van der Waals surface area contributed by atoms with Gasteiger partial charge in [0.05, 0.1) is 12.2 Å². The van der Waals surface area contributed by atoms with Gasteiger partial charge in [-0.05, 0) is 37.5 Å². The molecule has 0 unspecified atom stereocenters. The monoisotopic (exact) mass is 318 g/mol. The molecule has 0 aromatic heterocycles. The Morgan fingerprint density at radius 3 is 2.65 bits per heavy atom. The Labute approximate surface area is 138 Å². The molecule has 1 amide bonds. The molecule has 0 saturated heterocycles. The predicted molar refractivity (Wildman–Crippen MR) is 90.4 cm³/mol. The zero-order valence-corrected chi connectivity index (χ0v) is 14.6. The average molecular weight is 318 g/mol. The number of amides is 1. The third-order valence-electron chi connectivity index (χ3n) is 3.59. The summed E-state index contributed by atoms with van der Waals surface area (Å²) in [6, 6.07) is 7.17. The summed E-state index contributed by atoms with van der Waals surface area (Å²) in [5.41, 5.74) is 0.0786. The van der Waals surface area contributed by atoms with Crippen LogP contribution in [0.4, 0.5) is 5.69 Å². The Balaban J connectivity index is 2.90. The van der Waals surface area contributed by atoms with E-state index in [4.69, 9.17) is 9.47 Å². The van der Waals surface area contributed by atoms with Crippen molar-refractivity contribution in [1.29, 1.82) is 5.26 Å². The second kappa shape index (κ2) is 8.54. The summed E-state index contributed by atoms with van der Waals surface area (Å²) in [5, 5.41) is 12.1. The first-order valence-corrected chi connectivity index (χ1v) is 7.89. The van der Waals surface area contributed by atoms with Gasteiger partial charge in [-0.25, -0.2) is 0 Å². The van der Waals surface area contributed by atoms with Crippen molar-refractivity contribution in [2.24, 2.45) is 5.92 Å². The first-order chi connectivity index (χ1) is 10.9. The lowest BCUT2D eigenvalue weighted by Gasteiger charge is -2.26. The van der Waals surface area contributed by atoms with Crippen LogP contribution in [-0.2, 0) is 9.53 Å². The fourth-order valence-electron chi connectivity index (χ4n) is 2.13. The summed E-state index contributed by atoms with van der Waals surface area (Å²) in [5.74, 6) is 0.682. The second-order valence-corrected chi connectivity index (χ2v) is 6.17. The molecule has 1 atom stereocenters. The molecule has 126 valence electrons. The van der Waals surface area contributed by atoms with E-state index in [0.29, 0.717) is 35.9 Å². The van der Waals surface area contributed by atoms with Gasteiger partial charge in [-0.2, -0.15) is 5.26 Å². The summed E-state index contributed by atoms with van der Waals surface area (Å²) < 4.78 is 11.0. The lowest BCUT2D eigenvalue weighted by molar-refractivity contribution is -0.136. The van der Waals surface area contributed by atoms with Gasteiger partial charge in [-0.3, -0.25) is 4.79 Å². The Hall–Kier alpha value is -2.06. The van der Waals surface area contributed by atoms with Crippen molar-refractivity contribution in [3.8, 4) is 11.8 Å². The maximum atomic E-state index is 12.4. The van der Waals surface area contributed by atoms with Crippen LogP contribution in [0.5, 0.6) is 5.75 Å². The molecule has 23 heavy (non-hydrogen) atoms. The van der Waals surface area contributed by atoms with Gasteiger partial charge in [0.2, 0.25) is 0 Å². The van der Waals surface area contributed by atoms with Crippen LogP contribution in [0.3, 0.4) is 0 Å². The Morgan fingerprint density at radius 2 is 2.13 bits per heavy atom. The van der Waals surface area contributed by atoms with Gasteiger partial charge in [-0.15, -0.1) is 0 Å². The molecule has 0 aliphatic heterocycles. The number of nitriles is 1. The third-order valence-corrected chi connectivity index (χ3v) is 3.59. The smallest absolute Gasteiger partial charge is 0.256 e. The topological polar surface area (TPSA) is 71.3 Å². The van der Waals surface area contributed by atoms with Crippen molar-refractivity contribution in [2.75, 3.05) is 19.0 Å². The summed E-state index contributed by atoms with van der Waals surface area (Å²) in [6.07, 6.45) is 1.46. The van der Waals surface area contributed by atoms with Crippen LogP contribution in [0, 0.1) is 17.2 Å². The number of hydrogen-bond donors (Lipinski definition) is 1. The minimum atomic E-state index is -0.881. The average Bonchev–Trinajstić information content (AvgIpc) is 2.53. The van der Waals surface area contributed by atoms with Gasteiger partial charge in [0.1, 0.15) is 17.4 Å². The quantitative estimate of drug-likeness (QED) is 0.792. The molecule has 0 radical (unpaired) electrons. The van der Waals surface area contributed by atoms with Crippen LogP contribution < -0.4 is 10.1 Å². The minimum Gasteiger partial charge on any atom is -0.492 e. The van der Waals surface area contributed by atoms with E-state index in [1.54, 1.807) is 25.1 Å². The number of nitrogens with one attached hydrogen (secondary N) is 1. The van der Waals surface area contributed by atoms with Crippen LogP contribution in [0.1, 0.15) is 46.1 Å². The highest BCUT2D eigenvalue weighted by Gasteiger charge is 2.32. The van der Waals surface area contributed by atoms with E-state index in [1.807, 2.05) is 20.8 Å². The molecule has 5 nitrogen and oxygen atoms in total. The highest BCUT2D eigenvalue weighted by atomic mass is 16.5. The summed E-state index contributed by atoms with van der Waals surface area (Å²) in [4.78, 5) is 12.4. The zero-order chi connectivity index (χ0) is 17.5. The lowest BCUT2D eigenvalue weighted by atomic mass is 9.99. The number of anilines is 1. The van der Waals surface area contributed by atoms with Gasteiger partial charge in [0.15, 0.2) is 0 Å². The fraction of sp³-hybridized carbons (Fsp3) is 0.556. The fourth-order valence-corrected chi connectivity index (χ4v) is 2.13. The van der Waals surface area contributed by atoms with E-state index in [-0.39, 0.29) is 5.91 Å². The number of ether oxygens (including phenoxy) is 2. The largest absolute Gasteiger partial charge is 0.492 e. The number of hydrogen-bond acceptors (Lipinski definition) is 4. The highest BCUT2D eigenvalue weighted by molar-refractivity contribution is 5.97. The molecular weight excluding hydrogens is 292 g/mol. The van der Waals surface area contributed by atoms with Crippen molar-refractivity contribution in [2.45, 2.75) is 46.1 Å². The number of nitrogens with zero attached hydrogens (tertiary/aromatic N) is 1. The van der Waals surface area contributed by atoms with Crippen molar-refractivity contribution < 1.29 is 14.3 Å². The minimum absolute atomic E-state index is 0.221. The third kappa shape index (κ3) is 5.26. The van der Waals surface area contributed by atoms with E-state index in [0.717, 1.165) is 6.42 Å². The highest BCUT2D eigenvalue weighted by Crippen LogP contribution is 2.25. The summed E-state index contributed by atoms with van der Waals surface area (Å²) in [7, 11) is 1.53.